The van der Waals surface area contributed by atoms with Gasteiger partial charge in [0, 0.05) is 19.4 Å². The van der Waals surface area contributed by atoms with Gasteiger partial charge in [0.05, 0.1) is 6.42 Å². The maximum absolute atomic E-state index is 14.1. The van der Waals surface area contributed by atoms with Crippen molar-refractivity contribution >= 4 is 41.1 Å². The van der Waals surface area contributed by atoms with E-state index < -0.39 is 71.7 Å². The van der Waals surface area contributed by atoms with E-state index in [1.165, 1.54) is 4.90 Å². The molecule has 12 nitrogen and oxygen atoms in total. The van der Waals surface area contributed by atoms with Crippen molar-refractivity contribution in [2.45, 2.75) is 109 Å². The standard InChI is InChI=1S/C32H45N5O7/c1-6-22(28(33)40)35-30(42)25-13-10-16-37(25)31(43)24(17-20-15-14-19-11-8-9-12-21(19)20)36-29(41)23(34-26(38)7-2)18-27(39)44-32(3,4)5/h8-9,11-12,15,22-25H,6-7,10,13-14,16-18H2,1-5H3,(H2,33,40)(H,34,38)(H,35,42)(H,36,41)/t22?,23-,24?,25?/m0/s1. The van der Waals surface area contributed by atoms with Crippen molar-refractivity contribution in [2.75, 3.05) is 6.54 Å². The van der Waals surface area contributed by atoms with Gasteiger partial charge in [-0.1, -0.05) is 44.2 Å². The first-order chi connectivity index (χ1) is 20.7. The molecule has 2 aliphatic rings. The third kappa shape index (κ3) is 9.14. The number of hydrogen-bond acceptors (Lipinski definition) is 7. The minimum Gasteiger partial charge on any atom is -0.460 e. The molecule has 0 radical (unpaired) electrons. The first kappa shape index (κ1) is 34.3. The van der Waals surface area contributed by atoms with E-state index in [0.717, 1.165) is 16.7 Å². The summed E-state index contributed by atoms with van der Waals surface area (Å²) in [5, 5.41) is 7.99. The molecule has 0 aromatic heterocycles. The zero-order valence-corrected chi connectivity index (χ0v) is 26.2. The predicted molar refractivity (Wildman–Crippen MR) is 164 cm³/mol. The second kappa shape index (κ2) is 15.0. The second-order valence-electron chi connectivity index (χ2n) is 12.2. The number of allylic oxidation sites excluding steroid dienone is 1. The predicted octanol–water partition coefficient (Wildman–Crippen LogP) is 1.50. The Hall–Kier alpha value is -4.22. The number of nitrogens with zero attached hydrogens (tertiary/aromatic N) is 1. The fraction of sp³-hybridized carbons (Fsp3) is 0.562. The molecule has 1 aromatic carbocycles. The minimum atomic E-state index is -1.28. The number of ether oxygens (including phenoxy) is 1. The molecule has 5 N–H and O–H groups in total. The number of amides is 5. The van der Waals surface area contributed by atoms with Gasteiger partial charge in [-0.25, -0.2) is 0 Å². The number of hydrogen-bond donors (Lipinski definition) is 4. The number of carbonyl (C=O) groups is 6. The largest absolute Gasteiger partial charge is 0.460 e. The molecule has 1 saturated heterocycles. The smallest absolute Gasteiger partial charge is 0.308 e. The highest BCUT2D eigenvalue weighted by molar-refractivity contribution is 5.97. The molecule has 1 heterocycles. The van der Waals surface area contributed by atoms with Gasteiger partial charge in [-0.15, -0.1) is 0 Å². The topological polar surface area (TPSA) is 177 Å². The Labute approximate surface area is 258 Å². The van der Waals surface area contributed by atoms with Crippen LogP contribution in [0.3, 0.4) is 0 Å². The summed E-state index contributed by atoms with van der Waals surface area (Å²) in [6, 6.07) is 3.67. The lowest BCUT2D eigenvalue weighted by atomic mass is 9.98. The molecular weight excluding hydrogens is 566 g/mol. The number of nitrogens with two attached hydrogens (primary N) is 1. The molecule has 1 fully saturated rings. The summed E-state index contributed by atoms with van der Waals surface area (Å²) in [4.78, 5) is 79.1. The monoisotopic (exact) mass is 611 g/mol. The molecular formula is C32H45N5O7. The van der Waals surface area contributed by atoms with E-state index in [9.17, 15) is 28.8 Å². The summed E-state index contributed by atoms with van der Waals surface area (Å²) in [5.41, 5.74) is 7.53. The summed E-state index contributed by atoms with van der Waals surface area (Å²) in [7, 11) is 0. The lowest BCUT2D eigenvalue weighted by molar-refractivity contribution is -0.156. The Morgan fingerprint density at radius 3 is 2.34 bits per heavy atom. The van der Waals surface area contributed by atoms with Crippen LogP contribution < -0.4 is 21.7 Å². The number of primary amides is 1. The average Bonchev–Trinajstić information content (AvgIpc) is 3.61. The van der Waals surface area contributed by atoms with Crippen LogP contribution in [-0.4, -0.2) is 76.7 Å². The molecule has 0 saturated carbocycles. The van der Waals surface area contributed by atoms with E-state index in [2.05, 4.69) is 16.0 Å². The van der Waals surface area contributed by atoms with Crippen LogP contribution in [-0.2, 0) is 39.9 Å². The van der Waals surface area contributed by atoms with Gasteiger partial charge in [0.1, 0.15) is 29.8 Å². The van der Waals surface area contributed by atoms with Crippen molar-refractivity contribution in [3.8, 4) is 0 Å². The van der Waals surface area contributed by atoms with E-state index >= 15 is 0 Å². The molecule has 3 unspecified atom stereocenters. The third-order valence-corrected chi connectivity index (χ3v) is 7.64. The highest BCUT2D eigenvalue weighted by atomic mass is 16.6. The van der Waals surface area contributed by atoms with Crippen LogP contribution in [0.15, 0.2) is 30.3 Å². The number of esters is 1. The van der Waals surface area contributed by atoms with Gasteiger partial charge in [-0.3, -0.25) is 28.8 Å². The number of benzene rings is 1. The minimum absolute atomic E-state index is 0.0821. The molecule has 0 bridgehead atoms. The number of rotatable bonds is 13. The quantitative estimate of drug-likeness (QED) is 0.244. The molecule has 1 aliphatic heterocycles. The van der Waals surface area contributed by atoms with Gasteiger partial charge >= 0.3 is 5.97 Å². The molecule has 1 aliphatic carbocycles. The van der Waals surface area contributed by atoms with Gasteiger partial charge in [0.25, 0.3) is 0 Å². The lowest BCUT2D eigenvalue weighted by Gasteiger charge is -2.31. The van der Waals surface area contributed by atoms with Crippen LogP contribution in [0.5, 0.6) is 0 Å². The summed E-state index contributed by atoms with van der Waals surface area (Å²) in [6.07, 6.45) is 3.70. The van der Waals surface area contributed by atoms with Gasteiger partial charge in [-0.2, -0.15) is 0 Å². The fourth-order valence-electron chi connectivity index (χ4n) is 5.44. The first-order valence-corrected chi connectivity index (χ1v) is 15.2. The Bertz CT molecular complexity index is 1300. The van der Waals surface area contributed by atoms with E-state index in [0.29, 0.717) is 25.7 Å². The van der Waals surface area contributed by atoms with Crippen LogP contribution in [0.1, 0.15) is 84.3 Å². The molecule has 240 valence electrons. The second-order valence-corrected chi connectivity index (χ2v) is 12.2. The van der Waals surface area contributed by atoms with Crippen LogP contribution in [0.4, 0.5) is 0 Å². The Kier molecular flexibility index (Phi) is 11.7. The first-order valence-electron chi connectivity index (χ1n) is 15.2. The lowest BCUT2D eigenvalue weighted by Crippen LogP contribution is -2.58. The summed E-state index contributed by atoms with van der Waals surface area (Å²) in [6.45, 7) is 8.70. The Morgan fingerprint density at radius 2 is 1.70 bits per heavy atom. The van der Waals surface area contributed by atoms with Crippen molar-refractivity contribution in [3.05, 3.63) is 41.5 Å². The van der Waals surface area contributed by atoms with E-state index in [1.807, 2.05) is 30.3 Å². The van der Waals surface area contributed by atoms with Gasteiger partial charge in [-0.05, 0) is 63.2 Å². The summed E-state index contributed by atoms with van der Waals surface area (Å²) < 4.78 is 5.38. The van der Waals surface area contributed by atoms with Crippen molar-refractivity contribution in [1.82, 2.24) is 20.9 Å². The van der Waals surface area contributed by atoms with Gasteiger partial charge < -0.3 is 31.3 Å². The number of fused-ring (bicyclic) bond motifs is 1. The molecule has 0 spiro atoms. The molecule has 3 rings (SSSR count). The Morgan fingerprint density at radius 1 is 1.00 bits per heavy atom. The molecule has 44 heavy (non-hydrogen) atoms. The zero-order chi connectivity index (χ0) is 32.6. The highest BCUT2D eigenvalue weighted by Crippen LogP contribution is 2.31. The summed E-state index contributed by atoms with van der Waals surface area (Å²) in [5.74, 6) is -3.48. The maximum atomic E-state index is 14.1. The normalized spacial score (nSPS) is 17.9. The van der Waals surface area contributed by atoms with E-state index in [4.69, 9.17) is 10.5 Å². The Balaban J connectivity index is 1.88. The van der Waals surface area contributed by atoms with Crippen molar-refractivity contribution in [2.24, 2.45) is 5.73 Å². The SMILES string of the molecule is CCC(=O)N[C@@H](CC(=O)OC(C)(C)C)C(=O)NC(CC1=CCc2ccccc21)C(=O)N1CCCC1C(=O)NC(CC)C(N)=O. The van der Waals surface area contributed by atoms with Gasteiger partial charge in [0.15, 0.2) is 0 Å². The summed E-state index contributed by atoms with van der Waals surface area (Å²) >= 11 is 0. The van der Waals surface area contributed by atoms with Crippen LogP contribution in [0, 0.1) is 0 Å². The van der Waals surface area contributed by atoms with Crippen LogP contribution in [0.25, 0.3) is 5.57 Å². The van der Waals surface area contributed by atoms with Crippen LogP contribution in [0.2, 0.25) is 0 Å². The zero-order valence-electron chi connectivity index (χ0n) is 26.2. The maximum Gasteiger partial charge on any atom is 0.308 e. The van der Waals surface area contributed by atoms with Crippen molar-refractivity contribution in [1.29, 1.82) is 0 Å². The molecule has 1 aromatic rings. The molecule has 5 amide bonds. The van der Waals surface area contributed by atoms with Crippen molar-refractivity contribution < 1.29 is 33.5 Å². The number of carbonyl (C=O) groups excluding carboxylic acids is 6. The van der Waals surface area contributed by atoms with E-state index in [-0.39, 0.29) is 19.4 Å². The van der Waals surface area contributed by atoms with Gasteiger partial charge in [0.2, 0.25) is 29.5 Å². The van der Waals surface area contributed by atoms with Crippen molar-refractivity contribution in [3.63, 3.8) is 0 Å². The molecule has 4 atom stereocenters. The average molecular weight is 612 g/mol. The highest BCUT2D eigenvalue weighted by Gasteiger charge is 2.40. The number of nitrogens with one attached hydrogen (secondary N) is 3. The third-order valence-electron chi connectivity index (χ3n) is 7.64. The molecule has 12 heteroatoms. The van der Waals surface area contributed by atoms with E-state index in [1.54, 1.807) is 34.6 Å². The fourth-order valence-corrected chi connectivity index (χ4v) is 5.44. The number of likely N-dealkylation sites (tertiary alicyclic amines) is 1. The van der Waals surface area contributed by atoms with Crippen LogP contribution >= 0.6 is 0 Å².